The van der Waals surface area contributed by atoms with Crippen LogP contribution in [0.3, 0.4) is 0 Å². The quantitative estimate of drug-likeness (QED) is 0.106. The summed E-state index contributed by atoms with van der Waals surface area (Å²) in [7, 11) is -10.0. The van der Waals surface area contributed by atoms with Crippen molar-refractivity contribution in [2.24, 2.45) is 20.5 Å². The van der Waals surface area contributed by atoms with Gasteiger partial charge in [-0.1, -0.05) is 47.5 Å². The van der Waals surface area contributed by atoms with Gasteiger partial charge in [0.15, 0.2) is 5.75 Å². The molecule has 5 N–H and O–H groups in total. The van der Waals surface area contributed by atoms with Crippen LogP contribution in [0.4, 0.5) is 28.4 Å². The Hall–Kier alpha value is -3.66. The molecule has 4 rings (SSSR count). The average Bonchev–Trinajstić information content (AvgIpc) is 2.83. The van der Waals surface area contributed by atoms with Crippen molar-refractivity contribution in [1.29, 1.82) is 0 Å². The lowest BCUT2D eigenvalue weighted by Crippen LogP contribution is -2.03. The van der Waals surface area contributed by atoms with Crippen molar-refractivity contribution in [2.75, 3.05) is 5.73 Å². The maximum atomic E-state index is 12.1. The summed E-state index contributed by atoms with van der Waals surface area (Å²) in [6.07, 6.45) is 0. The van der Waals surface area contributed by atoms with Crippen LogP contribution in [-0.4, -0.2) is 31.0 Å². The Morgan fingerprint density at radius 2 is 1.11 bits per heavy atom. The van der Waals surface area contributed by atoms with E-state index in [-0.39, 0.29) is 32.2 Å². The van der Waals surface area contributed by atoms with Crippen molar-refractivity contribution in [3.8, 4) is 5.75 Å². The summed E-state index contributed by atoms with van der Waals surface area (Å²) in [6.45, 7) is 0. The van der Waals surface area contributed by atoms with Crippen molar-refractivity contribution in [2.45, 2.75) is 9.79 Å². The molecule has 12 nitrogen and oxygen atoms in total. The molecule has 0 atom stereocenters. The summed E-state index contributed by atoms with van der Waals surface area (Å²) in [6, 6.07) is 13.9. The number of rotatable bonds is 6. The highest BCUT2D eigenvalue weighted by Crippen LogP contribution is 2.48. The molecule has 0 radical (unpaired) electrons. The van der Waals surface area contributed by atoms with Crippen LogP contribution in [0.1, 0.15) is 0 Å². The Kier molecular flexibility index (Phi) is 7.38. The molecule has 0 saturated carbocycles. The number of anilines is 1. The minimum atomic E-state index is -5.04. The average molecular weight is 596 g/mol. The van der Waals surface area contributed by atoms with Gasteiger partial charge in [0.25, 0.3) is 20.2 Å². The highest BCUT2D eigenvalue weighted by Gasteiger charge is 2.28. The SMILES string of the molecule is Nc1c(N=Nc2ccccc2Cl)c(S(=O)(=O)O)cc2cc(S(=O)(=O)O)c(N=Nc3ccccc3Cl)c(O)c12. The number of halogens is 2. The Bertz CT molecular complexity index is 1750. The first-order chi connectivity index (χ1) is 17.8. The largest absolute Gasteiger partial charge is 0.505 e. The lowest BCUT2D eigenvalue weighted by molar-refractivity contribution is 0.472. The highest BCUT2D eigenvalue weighted by molar-refractivity contribution is 7.86. The third-order valence-corrected chi connectivity index (χ3v) is 7.46. The van der Waals surface area contributed by atoms with Crippen molar-refractivity contribution in [3.05, 3.63) is 70.7 Å². The molecule has 0 spiro atoms. The van der Waals surface area contributed by atoms with Gasteiger partial charge in [-0.15, -0.1) is 20.5 Å². The molecule has 0 fully saturated rings. The summed E-state index contributed by atoms with van der Waals surface area (Å²) in [5.74, 6) is -0.889. The van der Waals surface area contributed by atoms with Gasteiger partial charge in [0.1, 0.15) is 32.5 Å². The number of nitrogen functional groups attached to an aromatic ring is 1. The van der Waals surface area contributed by atoms with E-state index in [1.54, 1.807) is 24.3 Å². The standard InChI is InChI=1S/C22H15Cl2N5O7S2/c23-12-5-1-3-7-14(12)26-28-20-16(37(31,32)33)9-11-10-17(38(34,35)36)21(22(30)18(11)19(20)25)29-27-15-8-4-2-6-13(15)24/h1-10,30H,25H2,(H,31,32,33)(H,34,35,36). The second kappa shape index (κ2) is 10.2. The molecule has 0 aliphatic heterocycles. The van der Waals surface area contributed by atoms with Crippen LogP contribution in [0.25, 0.3) is 10.8 Å². The zero-order valence-electron chi connectivity index (χ0n) is 18.7. The summed E-state index contributed by atoms with van der Waals surface area (Å²) >= 11 is 12.1. The molecule has 0 amide bonds. The topological polar surface area (TPSA) is 204 Å². The minimum Gasteiger partial charge on any atom is -0.505 e. The van der Waals surface area contributed by atoms with Crippen LogP contribution in [0.5, 0.6) is 5.75 Å². The number of aromatic hydroxyl groups is 1. The highest BCUT2D eigenvalue weighted by atomic mass is 35.5. The molecular formula is C22H15Cl2N5O7S2. The number of phenolic OH excluding ortho intramolecular Hbond substituents is 1. The number of nitrogens with two attached hydrogens (primary N) is 1. The third-order valence-electron chi connectivity index (χ3n) is 5.09. The van der Waals surface area contributed by atoms with E-state index in [2.05, 4.69) is 20.5 Å². The fourth-order valence-electron chi connectivity index (χ4n) is 3.38. The normalized spacial score (nSPS) is 12.6. The maximum absolute atomic E-state index is 12.1. The van der Waals surface area contributed by atoms with E-state index in [1.807, 2.05) is 0 Å². The van der Waals surface area contributed by atoms with E-state index in [1.165, 1.54) is 24.3 Å². The molecule has 0 saturated heterocycles. The molecule has 4 aromatic carbocycles. The summed E-state index contributed by atoms with van der Waals surface area (Å²) in [5.41, 5.74) is 4.58. The number of hydrogen-bond donors (Lipinski definition) is 4. The van der Waals surface area contributed by atoms with Crippen LogP contribution >= 0.6 is 23.2 Å². The van der Waals surface area contributed by atoms with Gasteiger partial charge in [0.05, 0.1) is 21.1 Å². The number of azo groups is 2. The second-order valence-corrected chi connectivity index (χ2v) is 11.2. The Morgan fingerprint density at radius 3 is 1.55 bits per heavy atom. The molecule has 4 aromatic rings. The Balaban J connectivity index is 2.05. The lowest BCUT2D eigenvalue weighted by atomic mass is 10.1. The number of hydrogen-bond acceptors (Lipinski definition) is 10. The minimum absolute atomic E-state index is 0.110. The van der Waals surface area contributed by atoms with E-state index in [0.29, 0.717) is 0 Å². The summed E-state index contributed by atoms with van der Waals surface area (Å²) < 4.78 is 68.1. The second-order valence-electron chi connectivity index (χ2n) is 7.56. The zero-order valence-corrected chi connectivity index (χ0v) is 21.8. The number of fused-ring (bicyclic) bond motifs is 1. The van der Waals surface area contributed by atoms with Crippen LogP contribution in [0.15, 0.2) is 90.9 Å². The van der Waals surface area contributed by atoms with Crippen LogP contribution in [0.2, 0.25) is 10.0 Å². The van der Waals surface area contributed by atoms with Gasteiger partial charge in [0, 0.05) is 0 Å². The van der Waals surface area contributed by atoms with E-state index >= 15 is 0 Å². The van der Waals surface area contributed by atoms with Gasteiger partial charge in [0.2, 0.25) is 0 Å². The smallest absolute Gasteiger partial charge is 0.296 e. The van der Waals surface area contributed by atoms with Gasteiger partial charge in [-0.3, -0.25) is 9.11 Å². The van der Waals surface area contributed by atoms with Crippen LogP contribution in [-0.2, 0) is 20.2 Å². The third kappa shape index (κ3) is 5.45. The fourth-order valence-corrected chi connectivity index (χ4v) is 5.05. The fraction of sp³-hybridized carbons (Fsp3) is 0. The van der Waals surface area contributed by atoms with Crippen LogP contribution < -0.4 is 5.73 Å². The monoisotopic (exact) mass is 595 g/mol. The van der Waals surface area contributed by atoms with Crippen molar-refractivity contribution in [1.82, 2.24) is 0 Å². The lowest BCUT2D eigenvalue weighted by Gasteiger charge is -2.14. The molecule has 16 heteroatoms. The van der Waals surface area contributed by atoms with Gasteiger partial charge in [-0.2, -0.15) is 16.8 Å². The van der Waals surface area contributed by atoms with E-state index in [9.17, 15) is 31.0 Å². The molecule has 0 unspecified atom stereocenters. The molecule has 0 heterocycles. The van der Waals surface area contributed by atoms with E-state index < -0.39 is 52.8 Å². The van der Waals surface area contributed by atoms with E-state index in [0.717, 1.165) is 12.1 Å². The summed E-state index contributed by atoms with van der Waals surface area (Å²) in [5, 5.41) is 26.0. The maximum Gasteiger partial charge on any atom is 0.296 e. The number of benzene rings is 4. The first-order valence-electron chi connectivity index (χ1n) is 10.2. The predicted octanol–water partition coefficient (Wildman–Crippen LogP) is 6.76. The molecule has 0 aliphatic carbocycles. The molecule has 196 valence electrons. The molecule has 0 aromatic heterocycles. The molecular weight excluding hydrogens is 581 g/mol. The molecule has 0 aliphatic rings. The first-order valence-corrected chi connectivity index (χ1v) is 13.8. The van der Waals surface area contributed by atoms with Gasteiger partial charge >= 0.3 is 0 Å². The first kappa shape index (κ1) is 27.4. The van der Waals surface area contributed by atoms with Crippen LogP contribution in [0, 0.1) is 0 Å². The predicted molar refractivity (Wildman–Crippen MR) is 141 cm³/mol. The number of phenols is 1. The molecule has 38 heavy (non-hydrogen) atoms. The van der Waals surface area contributed by atoms with E-state index in [4.69, 9.17) is 28.9 Å². The van der Waals surface area contributed by atoms with Crippen molar-refractivity contribution in [3.63, 3.8) is 0 Å². The Labute approximate surface area is 225 Å². The number of nitrogens with zero attached hydrogens (tertiary/aromatic N) is 4. The van der Waals surface area contributed by atoms with Gasteiger partial charge < -0.3 is 10.8 Å². The van der Waals surface area contributed by atoms with Gasteiger partial charge in [-0.25, -0.2) is 0 Å². The zero-order chi connectivity index (χ0) is 27.8. The van der Waals surface area contributed by atoms with Crippen molar-refractivity contribution >= 4 is 82.6 Å². The van der Waals surface area contributed by atoms with Gasteiger partial charge in [-0.05, 0) is 41.8 Å². The van der Waals surface area contributed by atoms with Crippen molar-refractivity contribution < 1.29 is 31.0 Å². The molecule has 0 bridgehead atoms. The summed E-state index contributed by atoms with van der Waals surface area (Å²) in [4.78, 5) is -1.78. The Morgan fingerprint density at radius 1 is 0.684 bits per heavy atom.